The van der Waals surface area contributed by atoms with Crippen molar-refractivity contribution in [1.82, 2.24) is 0 Å². The van der Waals surface area contributed by atoms with E-state index >= 15 is 0 Å². The Morgan fingerprint density at radius 3 is 2.20 bits per heavy atom. The lowest BCUT2D eigenvalue weighted by Crippen LogP contribution is -2.30. The van der Waals surface area contributed by atoms with Crippen LogP contribution < -0.4 is 10.9 Å². The van der Waals surface area contributed by atoms with Gasteiger partial charge in [0.15, 0.2) is 0 Å². The molecule has 0 saturated heterocycles. The van der Waals surface area contributed by atoms with Gasteiger partial charge >= 0.3 is 0 Å². The van der Waals surface area contributed by atoms with Crippen LogP contribution in [0.5, 0.6) is 0 Å². The monoisotopic (exact) mass is 165 g/mol. The summed E-state index contributed by atoms with van der Waals surface area (Å²) < 4.78 is 21.0. The molecule has 6 heteroatoms. The second-order valence-corrected chi connectivity index (χ2v) is 4.11. The van der Waals surface area contributed by atoms with Crippen molar-refractivity contribution >= 4 is 15.9 Å². The molecule has 10 heavy (non-hydrogen) atoms. The zero-order chi connectivity index (χ0) is 8.36. The van der Waals surface area contributed by atoms with E-state index in [0.717, 1.165) is 0 Å². The molecule has 0 amide bonds. The van der Waals surface area contributed by atoms with Gasteiger partial charge in [-0.15, -0.1) is 0 Å². The van der Waals surface area contributed by atoms with Gasteiger partial charge < -0.3 is 5.73 Å². The second kappa shape index (κ2) is 2.98. The number of hydrogen-bond acceptors (Lipinski definition) is 3. The van der Waals surface area contributed by atoms with E-state index in [4.69, 9.17) is 16.3 Å². The average Bonchev–Trinajstić information content (AvgIpc) is 1.60. The van der Waals surface area contributed by atoms with Gasteiger partial charge in [0, 0.05) is 6.42 Å². The molecule has 0 unspecified atom stereocenters. The standard InChI is InChI=1S/C4H11N3O2S/c1-3(2-4(5)6)10(7,8)9/h3H,2H2,1H3,(H3,5,6)(H2,7,8,9)/t3-/m0/s1. The first-order valence-electron chi connectivity index (χ1n) is 2.68. The van der Waals surface area contributed by atoms with E-state index in [0.29, 0.717) is 0 Å². The van der Waals surface area contributed by atoms with Gasteiger partial charge in [0.2, 0.25) is 10.0 Å². The van der Waals surface area contributed by atoms with Crippen LogP contribution in [-0.4, -0.2) is 19.5 Å². The smallest absolute Gasteiger partial charge is 0.212 e. The van der Waals surface area contributed by atoms with Crippen LogP contribution in [0.3, 0.4) is 0 Å². The van der Waals surface area contributed by atoms with Crippen LogP contribution >= 0.6 is 0 Å². The number of amidine groups is 1. The van der Waals surface area contributed by atoms with Gasteiger partial charge in [-0.2, -0.15) is 0 Å². The summed E-state index contributed by atoms with van der Waals surface area (Å²) in [6.07, 6.45) is -0.00116. The van der Waals surface area contributed by atoms with Crippen molar-refractivity contribution in [2.24, 2.45) is 10.9 Å². The lowest BCUT2D eigenvalue weighted by atomic mass is 10.3. The third-order valence-corrected chi connectivity index (χ3v) is 2.36. The number of rotatable bonds is 3. The molecule has 0 aromatic rings. The lowest BCUT2D eigenvalue weighted by Gasteiger charge is -2.05. The summed E-state index contributed by atoms with van der Waals surface area (Å²) in [4.78, 5) is 0. The highest BCUT2D eigenvalue weighted by atomic mass is 32.2. The van der Waals surface area contributed by atoms with E-state index in [1.807, 2.05) is 0 Å². The zero-order valence-corrected chi connectivity index (χ0v) is 6.48. The van der Waals surface area contributed by atoms with Gasteiger partial charge in [-0.05, 0) is 6.92 Å². The molecule has 1 atom stereocenters. The molecule has 0 radical (unpaired) electrons. The van der Waals surface area contributed by atoms with Crippen LogP contribution in [0.4, 0.5) is 0 Å². The first-order valence-corrected chi connectivity index (χ1v) is 4.29. The predicted octanol–water partition coefficient (Wildman–Crippen LogP) is -1.01. The molecule has 5 N–H and O–H groups in total. The van der Waals surface area contributed by atoms with E-state index in [2.05, 4.69) is 0 Å². The van der Waals surface area contributed by atoms with Gasteiger partial charge in [0.1, 0.15) is 0 Å². The van der Waals surface area contributed by atoms with E-state index in [1.165, 1.54) is 6.92 Å². The van der Waals surface area contributed by atoms with Gasteiger partial charge in [0.05, 0.1) is 11.1 Å². The Labute approximate surface area is 60.0 Å². The Kier molecular flexibility index (Phi) is 2.79. The maximum atomic E-state index is 10.5. The fraction of sp³-hybridized carbons (Fsp3) is 0.750. The summed E-state index contributed by atoms with van der Waals surface area (Å²) in [7, 11) is -3.52. The molecule has 60 valence electrons. The predicted molar refractivity (Wildman–Crippen MR) is 39.1 cm³/mol. The quantitative estimate of drug-likeness (QED) is 0.368. The SMILES string of the molecule is C[C@@H](CC(=N)N)S(N)(=O)=O. The van der Waals surface area contributed by atoms with E-state index in [9.17, 15) is 8.42 Å². The molecule has 0 fully saturated rings. The molecule has 0 spiro atoms. The van der Waals surface area contributed by atoms with Gasteiger partial charge in [-0.1, -0.05) is 0 Å². The Balaban J connectivity index is 4.12. The van der Waals surface area contributed by atoms with Gasteiger partial charge in [0.25, 0.3) is 0 Å². The third-order valence-electron chi connectivity index (χ3n) is 1.07. The molecule has 0 aliphatic carbocycles. The largest absolute Gasteiger partial charge is 0.388 e. The first-order chi connectivity index (χ1) is 4.34. The molecule has 0 bridgehead atoms. The number of sulfonamides is 1. The van der Waals surface area contributed by atoms with Crippen molar-refractivity contribution in [1.29, 1.82) is 5.41 Å². The van der Waals surface area contributed by atoms with Gasteiger partial charge in [-0.3, -0.25) is 5.41 Å². The minimum absolute atomic E-state index is 0.00116. The fourth-order valence-electron chi connectivity index (χ4n) is 0.426. The van der Waals surface area contributed by atoms with Crippen molar-refractivity contribution in [3.63, 3.8) is 0 Å². The Bertz CT molecular complexity index is 221. The number of hydrogen-bond donors (Lipinski definition) is 3. The highest BCUT2D eigenvalue weighted by Crippen LogP contribution is 1.98. The summed E-state index contributed by atoms with van der Waals surface area (Å²) in [5, 5.41) is 10.8. The number of nitrogens with one attached hydrogen (secondary N) is 1. The molecule has 0 heterocycles. The Hall–Kier alpha value is -0.620. The summed E-state index contributed by atoms with van der Waals surface area (Å²) >= 11 is 0. The minimum atomic E-state index is -3.52. The van der Waals surface area contributed by atoms with Crippen LogP contribution in [0.2, 0.25) is 0 Å². The Morgan fingerprint density at radius 1 is 1.70 bits per heavy atom. The highest BCUT2D eigenvalue weighted by Gasteiger charge is 2.15. The van der Waals surface area contributed by atoms with E-state index in [1.54, 1.807) is 0 Å². The second-order valence-electron chi connectivity index (χ2n) is 2.13. The fourth-order valence-corrected chi connectivity index (χ4v) is 0.838. The van der Waals surface area contributed by atoms with Crippen molar-refractivity contribution in [3.8, 4) is 0 Å². The zero-order valence-electron chi connectivity index (χ0n) is 5.66. The van der Waals surface area contributed by atoms with Crippen molar-refractivity contribution in [3.05, 3.63) is 0 Å². The molecule has 0 rings (SSSR count). The maximum Gasteiger partial charge on any atom is 0.212 e. The van der Waals surface area contributed by atoms with Gasteiger partial charge in [-0.25, -0.2) is 13.6 Å². The van der Waals surface area contributed by atoms with E-state index in [-0.39, 0.29) is 12.3 Å². The molecule has 0 aromatic heterocycles. The number of primary sulfonamides is 1. The topological polar surface area (TPSA) is 110 Å². The van der Waals surface area contributed by atoms with Crippen LogP contribution in [0.25, 0.3) is 0 Å². The number of nitrogens with two attached hydrogens (primary N) is 2. The molecule has 0 aromatic carbocycles. The molecular formula is C4H11N3O2S. The Morgan fingerprint density at radius 2 is 2.10 bits per heavy atom. The lowest BCUT2D eigenvalue weighted by molar-refractivity contribution is 0.586. The van der Waals surface area contributed by atoms with Crippen LogP contribution in [-0.2, 0) is 10.0 Å². The normalized spacial score (nSPS) is 14.6. The molecule has 0 aliphatic rings. The van der Waals surface area contributed by atoms with E-state index < -0.39 is 15.3 Å². The van der Waals surface area contributed by atoms with Crippen LogP contribution in [0.15, 0.2) is 0 Å². The average molecular weight is 165 g/mol. The summed E-state index contributed by atoms with van der Waals surface area (Å²) in [6.45, 7) is 1.41. The van der Waals surface area contributed by atoms with Crippen LogP contribution in [0, 0.1) is 5.41 Å². The summed E-state index contributed by atoms with van der Waals surface area (Å²) in [5.41, 5.74) is 4.95. The van der Waals surface area contributed by atoms with Crippen LogP contribution in [0.1, 0.15) is 13.3 Å². The van der Waals surface area contributed by atoms with Crippen molar-refractivity contribution < 1.29 is 8.42 Å². The molecular weight excluding hydrogens is 154 g/mol. The molecule has 0 aliphatic heterocycles. The summed E-state index contributed by atoms with van der Waals surface area (Å²) in [6, 6.07) is 0. The minimum Gasteiger partial charge on any atom is -0.388 e. The van der Waals surface area contributed by atoms with Crippen molar-refractivity contribution in [2.75, 3.05) is 0 Å². The molecule has 0 saturated carbocycles. The highest BCUT2D eigenvalue weighted by molar-refractivity contribution is 7.89. The summed E-state index contributed by atoms with van der Waals surface area (Å²) in [5.74, 6) is -0.165. The maximum absolute atomic E-state index is 10.5. The first kappa shape index (κ1) is 9.38. The third kappa shape index (κ3) is 3.41. The molecule has 5 nitrogen and oxygen atoms in total. The van der Waals surface area contributed by atoms with Crippen molar-refractivity contribution in [2.45, 2.75) is 18.6 Å².